The molecule has 10 heteroatoms. The summed E-state index contributed by atoms with van der Waals surface area (Å²) < 4.78 is 63.4. The van der Waals surface area contributed by atoms with Crippen molar-refractivity contribution in [1.29, 1.82) is 0 Å². The van der Waals surface area contributed by atoms with Gasteiger partial charge in [-0.1, -0.05) is 24.3 Å². The van der Waals surface area contributed by atoms with Crippen molar-refractivity contribution in [3.63, 3.8) is 0 Å². The minimum Gasteiger partial charge on any atom is -0.307 e. The van der Waals surface area contributed by atoms with Gasteiger partial charge in [-0.05, 0) is 29.8 Å². The number of rotatable bonds is 5. The van der Waals surface area contributed by atoms with Gasteiger partial charge in [-0.3, -0.25) is 9.11 Å². The van der Waals surface area contributed by atoms with Gasteiger partial charge < -0.3 is 5.01 Å². The molecule has 124 valence electrons. The normalized spacial score (nSPS) is 12.1. The summed E-state index contributed by atoms with van der Waals surface area (Å²) in [5.74, 6) is 5.85. The van der Waals surface area contributed by atoms with Crippen LogP contribution in [0.5, 0.6) is 0 Å². The third-order valence-corrected chi connectivity index (χ3v) is 4.83. The molecule has 0 bridgehead atoms. The van der Waals surface area contributed by atoms with E-state index in [1.165, 1.54) is 5.01 Å². The molecule has 2 aromatic rings. The number of anilines is 1. The largest absolute Gasteiger partial charge is 0.307 e. The van der Waals surface area contributed by atoms with Crippen LogP contribution in [-0.4, -0.2) is 25.9 Å². The van der Waals surface area contributed by atoms with Crippen LogP contribution in [-0.2, 0) is 26.8 Å². The molecule has 0 amide bonds. The zero-order chi connectivity index (χ0) is 17.3. The topological polar surface area (TPSA) is 138 Å². The Labute approximate surface area is 133 Å². The lowest BCUT2D eigenvalue weighted by Gasteiger charge is -2.20. The average molecular weight is 358 g/mol. The molecule has 0 saturated carbocycles. The number of hydrogen-bond donors (Lipinski definition) is 3. The van der Waals surface area contributed by atoms with E-state index in [0.717, 1.165) is 12.1 Å². The van der Waals surface area contributed by atoms with Crippen LogP contribution in [0.15, 0.2) is 58.3 Å². The second-order valence-corrected chi connectivity index (χ2v) is 7.49. The SMILES string of the molecule is NN(Cc1ccc(S(=O)(=O)O)cc1S(=O)(=O)O)c1ccccc1. The molecule has 0 unspecified atom stereocenters. The van der Waals surface area contributed by atoms with Crippen molar-refractivity contribution in [1.82, 2.24) is 0 Å². The lowest BCUT2D eigenvalue weighted by Crippen LogP contribution is -2.30. The molecule has 0 aliphatic rings. The van der Waals surface area contributed by atoms with E-state index in [1.54, 1.807) is 30.3 Å². The fourth-order valence-corrected chi connectivity index (χ4v) is 3.28. The van der Waals surface area contributed by atoms with Crippen LogP contribution >= 0.6 is 0 Å². The van der Waals surface area contributed by atoms with Gasteiger partial charge in [0.2, 0.25) is 0 Å². The number of para-hydroxylation sites is 1. The standard InChI is InChI=1S/C13H14N2O6S2/c14-15(11-4-2-1-3-5-11)9-10-6-7-12(22(16,17)18)8-13(10)23(19,20)21/h1-8H,9,14H2,(H,16,17,18)(H,19,20,21). The summed E-state index contributed by atoms with van der Waals surface area (Å²) in [7, 11) is -9.31. The second kappa shape index (κ2) is 6.26. The summed E-state index contributed by atoms with van der Waals surface area (Å²) in [6.45, 7) is -0.106. The van der Waals surface area contributed by atoms with Gasteiger partial charge in [0.15, 0.2) is 0 Å². The van der Waals surface area contributed by atoms with Crippen LogP contribution < -0.4 is 10.9 Å². The Hall–Kier alpha value is -1.98. The Kier molecular flexibility index (Phi) is 4.73. The molecule has 0 aromatic heterocycles. The van der Waals surface area contributed by atoms with Gasteiger partial charge in [0, 0.05) is 0 Å². The minimum atomic E-state index is -4.70. The van der Waals surface area contributed by atoms with Gasteiger partial charge in [0.25, 0.3) is 20.2 Å². The summed E-state index contributed by atoms with van der Waals surface area (Å²) in [5, 5.41) is 1.23. The van der Waals surface area contributed by atoms with Crippen LogP contribution in [0.4, 0.5) is 5.69 Å². The Morgan fingerprint density at radius 1 is 0.913 bits per heavy atom. The first kappa shape index (κ1) is 17.4. The number of hydrogen-bond acceptors (Lipinski definition) is 6. The molecule has 4 N–H and O–H groups in total. The van der Waals surface area contributed by atoms with Gasteiger partial charge in [-0.2, -0.15) is 16.8 Å². The third kappa shape index (κ3) is 4.27. The number of nitrogens with zero attached hydrogens (tertiary/aromatic N) is 1. The Bertz CT molecular complexity index is 911. The first-order valence-corrected chi connectivity index (χ1v) is 9.12. The zero-order valence-electron chi connectivity index (χ0n) is 11.7. The maximum Gasteiger partial charge on any atom is 0.294 e. The molecule has 0 aliphatic heterocycles. The summed E-state index contributed by atoms with van der Waals surface area (Å²) in [4.78, 5) is -1.28. The first-order chi connectivity index (χ1) is 10.6. The molecule has 2 aromatic carbocycles. The van der Waals surface area contributed by atoms with Crippen molar-refractivity contribution in [3.05, 3.63) is 54.1 Å². The Morgan fingerprint density at radius 2 is 1.52 bits per heavy atom. The van der Waals surface area contributed by atoms with E-state index in [-0.39, 0.29) is 12.1 Å². The molecule has 0 radical (unpaired) electrons. The molecule has 0 saturated heterocycles. The smallest absolute Gasteiger partial charge is 0.294 e. The molecule has 0 fully saturated rings. The highest BCUT2D eigenvalue weighted by Gasteiger charge is 2.21. The van der Waals surface area contributed by atoms with Gasteiger partial charge in [0.1, 0.15) is 4.90 Å². The summed E-state index contributed by atoms with van der Waals surface area (Å²) in [5.41, 5.74) is 0.666. The summed E-state index contributed by atoms with van der Waals surface area (Å²) in [6, 6.07) is 11.5. The van der Waals surface area contributed by atoms with Crippen molar-refractivity contribution >= 4 is 25.9 Å². The first-order valence-electron chi connectivity index (χ1n) is 6.24. The van der Waals surface area contributed by atoms with E-state index in [9.17, 15) is 21.4 Å². The van der Waals surface area contributed by atoms with Gasteiger partial charge in [-0.25, -0.2) is 5.84 Å². The lowest BCUT2D eigenvalue weighted by atomic mass is 10.2. The van der Waals surface area contributed by atoms with Crippen molar-refractivity contribution in [2.45, 2.75) is 16.3 Å². The van der Waals surface area contributed by atoms with Crippen LogP contribution in [0, 0.1) is 0 Å². The Balaban J connectivity index is 2.47. The van der Waals surface area contributed by atoms with Gasteiger partial charge >= 0.3 is 0 Å². The third-order valence-electron chi connectivity index (χ3n) is 3.04. The number of hydrazine groups is 1. The fraction of sp³-hybridized carbons (Fsp3) is 0.0769. The van der Waals surface area contributed by atoms with E-state index in [0.29, 0.717) is 11.8 Å². The van der Waals surface area contributed by atoms with E-state index < -0.39 is 30.0 Å². The molecule has 23 heavy (non-hydrogen) atoms. The summed E-state index contributed by atoms with van der Waals surface area (Å²) in [6.07, 6.45) is 0. The van der Waals surface area contributed by atoms with Gasteiger partial charge in [-0.15, -0.1) is 0 Å². The van der Waals surface area contributed by atoms with Crippen LogP contribution in [0.25, 0.3) is 0 Å². The van der Waals surface area contributed by atoms with Crippen molar-refractivity contribution in [3.8, 4) is 0 Å². The Morgan fingerprint density at radius 3 is 2.04 bits per heavy atom. The maximum absolute atomic E-state index is 11.5. The van der Waals surface area contributed by atoms with Crippen molar-refractivity contribution in [2.75, 3.05) is 5.01 Å². The lowest BCUT2D eigenvalue weighted by molar-refractivity contribution is 0.480. The molecule has 8 nitrogen and oxygen atoms in total. The molecule has 0 aliphatic carbocycles. The molecule has 0 atom stereocenters. The number of nitrogens with two attached hydrogens (primary N) is 1. The molecular formula is C13H14N2O6S2. The van der Waals surface area contributed by atoms with E-state index in [1.807, 2.05) is 0 Å². The van der Waals surface area contributed by atoms with E-state index >= 15 is 0 Å². The molecule has 0 spiro atoms. The fourth-order valence-electron chi connectivity index (χ4n) is 1.96. The van der Waals surface area contributed by atoms with E-state index in [2.05, 4.69) is 0 Å². The zero-order valence-corrected chi connectivity index (χ0v) is 13.3. The second-order valence-electron chi connectivity index (χ2n) is 4.68. The predicted octanol–water partition coefficient (Wildman–Crippen LogP) is 1.06. The molecular weight excluding hydrogens is 344 g/mol. The van der Waals surface area contributed by atoms with Gasteiger partial charge in [0.05, 0.1) is 17.1 Å². The van der Waals surface area contributed by atoms with Crippen LogP contribution in [0.3, 0.4) is 0 Å². The van der Waals surface area contributed by atoms with Crippen molar-refractivity contribution in [2.24, 2.45) is 5.84 Å². The van der Waals surface area contributed by atoms with Crippen LogP contribution in [0.1, 0.15) is 5.56 Å². The average Bonchev–Trinajstić information content (AvgIpc) is 2.46. The monoisotopic (exact) mass is 358 g/mol. The number of benzene rings is 2. The van der Waals surface area contributed by atoms with E-state index in [4.69, 9.17) is 10.4 Å². The predicted molar refractivity (Wildman–Crippen MR) is 82.9 cm³/mol. The van der Waals surface area contributed by atoms with Crippen molar-refractivity contribution < 1.29 is 25.9 Å². The minimum absolute atomic E-state index is 0.0752. The quantitative estimate of drug-likeness (QED) is 0.410. The molecule has 2 rings (SSSR count). The maximum atomic E-state index is 11.5. The van der Waals surface area contributed by atoms with Crippen LogP contribution in [0.2, 0.25) is 0 Å². The highest BCUT2D eigenvalue weighted by Crippen LogP contribution is 2.23. The highest BCUT2D eigenvalue weighted by molar-refractivity contribution is 7.86. The summed E-state index contributed by atoms with van der Waals surface area (Å²) >= 11 is 0. The highest BCUT2D eigenvalue weighted by atomic mass is 32.2. The molecule has 0 heterocycles.